The number of carbonyl (C=O) groups excluding carboxylic acids is 2. The Bertz CT molecular complexity index is 1120. The van der Waals surface area contributed by atoms with Crippen molar-refractivity contribution in [3.05, 3.63) is 92.7 Å². The lowest BCUT2D eigenvalue weighted by Crippen LogP contribution is -2.27. The standard InChI is InChI=1S/C26H26N2O2S/c1-5-19-9-11-20(12-10-19)23(30)15-31-26-22(14-27)25(21-8-6-7-16(2)13-21)24(18(4)29)17(3)28-26/h6-13,25,28H,5,15H2,1-4H3/t25-/m0/s1. The van der Waals surface area contributed by atoms with Gasteiger partial charge in [0.1, 0.15) is 0 Å². The molecule has 5 heteroatoms. The van der Waals surface area contributed by atoms with Gasteiger partial charge < -0.3 is 5.32 Å². The van der Waals surface area contributed by atoms with Gasteiger partial charge in [-0.1, -0.05) is 72.8 Å². The fraction of sp³-hybridized carbons (Fsp3) is 0.269. The number of rotatable bonds is 7. The fourth-order valence-corrected chi connectivity index (χ4v) is 4.81. The summed E-state index contributed by atoms with van der Waals surface area (Å²) in [6.07, 6.45) is 0.927. The monoisotopic (exact) mass is 430 g/mol. The molecule has 0 spiro atoms. The highest BCUT2D eigenvalue weighted by Crippen LogP contribution is 2.41. The third kappa shape index (κ3) is 4.98. The number of nitrogens with zero attached hydrogens (tertiary/aromatic N) is 1. The number of Topliss-reactive ketones (excluding diaryl/α,β-unsaturated/α-hetero) is 2. The van der Waals surface area contributed by atoms with E-state index in [-0.39, 0.29) is 17.3 Å². The van der Waals surface area contributed by atoms with E-state index >= 15 is 0 Å². The van der Waals surface area contributed by atoms with Crippen LogP contribution >= 0.6 is 11.8 Å². The maximum Gasteiger partial charge on any atom is 0.173 e. The molecule has 1 aliphatic rings. The molecule has 0 fully saturated rings. The van der Waals surface area contributed by atoms with Gasteiger partial charge in [0.05, 0.1) is 28.3 Å². The van der Waals surface area contributed by atoms with Gasteiger partial charge in [0.15, 0.2) is 11.6 Å². The number of hydrogen-bond acceptors (Lipinski definition) is 5. The van der Waals surface area contributed by atoms with Crippen molar-refractivity contribution >= 4 is 23.3 Å². The predicted molar refractivity (Wildman–Crippen MR) is 126 cm³/mol. The van der Waals surface area contributed by atoms with E-state index in [0.717, 1.165) is 23.2 Å². The summed E-state index contributed by atoms with van der Waals surface area (Å²) < 4.78 is 0. The van der Waals surface area contributed by atoms with Crippen molar-refractivity contribution in [2.24, 2.45) is 0 Å². The predicted octanol–water partition coefficient (Wildman–Crippen LogP) is 5.46. The molecule has 2 aromatic rings. The molecule has 0 amide bonds. The van der Waals surface area contributed by atoms with Gasteiger partial charge in [0, 0.05) is 16.8 Å². The minimum atomic E-state index is -0.440. The van der Waals surface area contributed by atoms with Gasteiger partial charge >= 0.3 is 0 Å². The zero-order valence-corrected chi connectivity index (χ0v) is 19.1. The van der Waals surface area contributed by atoms with Gasteiger partial charge in [0.2, 0.25) is 0 Å². The van der Waals surface area contributed by atoms with E-state index in [9.17, 15) is 14.9 Å². The molecule has 0 aromatic heterocycles. The number of aryl methyl sites for hydroxylation is 2. The van der Waals surface area contributed by atoms with Crippen LogP contribution < -0.4 is 5.32 Å². The lowest BCUT2D eigenvalue weighted by atomic mass is 9.80. The van der Waals surface area contributed by atoms with Crippen molar-refractivity contribution < 1.29 is 9.59 Å². The number of carbonyl (C=O) groups is 2. The van der Waals surface area contributed by atoms with Crippen molar-refractivity contribution in [1.29, 1.82) is 5.26 Å². The van der Waals surface area contributed by atoms with E-state index in [1.807, 2.05) is 62.4 Å². The second-order valence-corrected chi connectivity index (χ2v) is 8.67. The molecule has 1 heterocycles. The quantitative estimate of drug-likeness (QED) is 0.591. The van der Waals surface area contributed by atoms with E-state index < -0.39 is 5.92 Å². The lowest BCUT2D eigenvalue weighted by Gasteiger charge is -2.29. The molecule has 4 nitrogen and oxygen atoms in total. The normalized spacial score (nSPS) is 16.0. The Kier molecular flexibility index (Phi) is 7.14. The molecule has 0 unspecified atom stereocenters. The molecule has 0 bridgehead atoms. The zero-order valence-electron chi connectivity index (χ0n) is 18.3. The minimum Gasteiger partial charge on any atom is -0.353 e. The Balaban J connectivity index is 1.92. The van der Waals surface area contributed by atoms with Crippen LogP contribution in [0.1, 0.15) is 53.7 Å². The highest BCUT2D eigenvalue weighted by molar-refractivity contribution is 8.03. The summed E-state index contributed by atoms with van der Waals surface area (Å²) in [6, 6.07) is 17.8. The second kappa shape index (κ2) is 9.80. The van der Waals surface area contributed by atoms with Gasteiger partial charge in [-0.3, -0.25) is 9.59 Å². The SMILES string of the molecule is CCc1ccc(C(=O)CSC2=C(C#N)[C@H](c3cccc(C)c3)C(C(C)=O)=C(C)N2)cc1. The van der Waals surface area contributed by atoms with Crippen LogP contribution in [0, 0.1) is 18.3 Å². The van der Waals surface area contributed by atoms with Crippen LogP contribution in [0.15, 0.2) is 70.4 Å². The molecule has 31 heavy (non-hydrogen) atoms. The van der Waals surface area contributed by atoms with Gasteiger partial charge in [-0.25, -0.2) is 0 Å². The topological polar surface area (TPSA) is 70.0 Å². The molecule has 1 N–H and O–H groups in total. The maximum absolute atomic E-state index is 12.7. The molecule has 0 radical (unpaired) electrons. The Morgan fingerprint density at radius 2 is 1.84 bits per heavy atom. The number of allylic oxidation sites excluding steroid dienone is 3. The second-order valence-electron chi connectivity index (χ2n) is 7.68. The molecule has 3 rings (SSSR count). The molecule has 0 aliphatic carbocycles. The van der Waals surface area contributed by atoms with Crippen molar-refractivity contribution in [2.45, 2.75) is 40.0 Å². The molecule has 0 saturated heterocycles. The summed E-state index contributed by atoms with van der Waals surface area (Å²) >= 11 is 1.31. The fourth-order valence-electron chi connectivity index (χ4n) is 3.82. The van der Waals surface area contributed by atoms with E-state index in [0.29, 0.717) is 21.7 Å². The lowest BCUT2D eigenvalue weighted by molar-refractivity contribution is -0.113. The van der Waals surface area contributed by atoms with E-state index in [4.69, 9.17) is 0 Å². The van der Waals surface area contributed by atoms with E-state index in [1.54, 1.807) is 0 Å². The largest absolute Gasteiger partial charge is 0.353 e. The van der Waals surface area contributed by atoms with E-state index in [2.05, 4.69) is 18.3 Å². The number of ketones is 2. The third-order valence-electron chi connectivity index (χ3n) is 5.43. The van der Waals surface area contributed by atoms with Crippen LogP contribution in [0.5, 0.6) is 0 Å². The highest BCUT2D eigenvalue weighted by Gasteiger charge is 2.33. The number of nitriles is 1. The smallest absolute Gasteiger partial charge is 0.173 e. The molecule has 0 saturated carbocycles. The third-order valence-corrected chi connectivity index (χ3v) is 6.45. The van der Waals surface area contributed by atoms with Gasteiger partial charge in [-0.15, -0.1) is 0 Å². The van der Waals surface area contributed by atoms with Crippen LogP contribution in [0.2, 0.25) is 0 Å². The average molecular weight is 431 g/mol. The van der Waals surface area contributed by atoms with Gasteiger partial charge in [0.25, 0.3) is 0 Å². The number of thioether (sulfide) groups is 1. The first-order valence-corrected chi connectivity index (χ1v) is 11.3. The average Bonchev–Trinajstić information content (AvgIpc) is 2.76. The number of hydrogen-bond donors (Lipinski definition) is 1. The molecule has 2 aromatic carbocycles. The first kappa shape index (κ1) is 22.6. The van der Waals surface area contributed by atoms with Crippen molar-refractivity contribution in [3.8, 4) is 6.07 Å². The molecule has 1 atom stereocenters. The molecular weight excluding hydrogens is 404 g/mol. The van der Waals surface area contributed by atoms with Crippen LogP contribution in [0.4, 0.5) is 0 Å². The Labute approximate surface area is 188 Å². The van der Waals surface area contributed by atoms with Gasteiger partial charge in [-0.2, -0.15) is 5.26 Å². The summed E-state index contributed by atoms with van der Waals surface area (Å²) in [5.74, 6) is -0.293. The van der Waals surface area contributed by atoms with Crippen LogP contribution in [-0.4, -0.2) is 17.3 Å². The van der Waals surface area contributed by atoms with Crippen molar-refractivity contribution in [3.63, 3.8) is 0 Å². The minimum absolute atomic E-state index is 0.00495. The number of dihydropyridines is 1. The molecular formula is C26H26N2O2S. The Morgan fingerprint density at radius 1 is 1.13 bits per heavy atom. The summed E-state index contributed by atoms with van der Waals surface area (Å²) in [7, 11) is 0. The Morgan fingerprint density at radius 3 is 2.42 bits per heavy atom. The Hall–Kier alpha value is -3.10. The number of benzene rings is 2. The summed E-state index contributed by atoms with van der Waals surface area (Å²) in [5, 5.41) is 13.9. The van der Waals surface area contributed by atoms with Crippen molar-refractivity contribution in [1.82, 2.24) is 5.32 Å². The summed E-state index contributed by atoms with van der Waals surface area (Å²) in [6.45, 7) is 7.44. The van der Waals surface area contributed by atoms with Crippen molar-refractivity contribution in [2.75, 3.05) is 5.75 Å². The maximum atomic E-state index is 12.7. The van der Waals surface area contributed by atoms with E-state index in [1.165, 1.54) is 24.2 Å². The number of nitrogens with one attached hydrogen (secondary N) is 1. The summed E-state index contributed by atoms with van der Waals surface area (Å²) in [5.41, 5.74) is 5.60. The van der Waals surface area contributed by atoms with Crippen LogP contribution in [-0.2, 0) is 11.2 Å². The summed E-state index contributed by atoms with van der Waals surface area (Å²) in [4.78, 5) is 25.2. The molecule has 1 aliphatic heterocycles. The highest BCUT2D eigenvalue weighted by atomic mass is 32.2. The van der Waals surface area contributed by atoms with Gasteiger partial charge in [-0.05, 0) is 38.3 Å². The molecule has 158 valence electrons. The zero-order chi connectivity index (χ0) is 22.5. The first-order valence-electron chi connectivity index (χ1n) is 10.3. The van der Waals surface area contributed by atoms with Crippen LogP contribution in [0.25, 0.3) is 0 Å². The van der Waals surface area contributed by atoms with Crippen LogP contribution in [0.3, 0.4) is 0 Å². The first-order chi connectivity index (χ1) is 14.8.